The third-order valence-corrected chi connectivity index (χ3v) is 5.95. The van der Waals surface area contributed by atoms with Crippen LogP contribution in [-0.2, 0) is 6.54 Å². The van der Waals surface area contributed by atoms with Crippen molar-refractivity contribution in [2.24, 2.45) is 0 Å². The van der Waals surface area contributed by atoms with Crippen LogP contribution in [0.3, 0.4) is 0 Å². The number of ether oxygens (including phenoxy) is 1. The Bertz CT molecular complexity index is 1270. The van der Waals surface area contributed by atoms with E-state index in [1.165, 1.54) is 0 Å². The first-order valence-electron chi connectivity index (χ1n) is 10.3. The van der Waals surface area contributed by atoms with E-state index < -0.39 is 0 Å². The topological polar surface area (TPSA) is 49.0 Å². The summed E-state index contributed by atoms with van der Waals surface area (Å²) < 4.78 is 9.38. The monoisotopic (exact) mass is 445 g/mol. The van der Waals surface area contributed by atoms with Crippen molar-refractivity contribution in [3.8, 4) is 11.4 Å². The maximum atomic E-state index is 12.7. The number of benzene rings is 2. The minimum Gasteiger partial charge on any atom is -0.496 e. The maximum Gasteiger partial charge on any atom is 0.185 e. The van der Waals surface area contributed by atoms with E-state index >= 15 is 0 Å². The Balaban J connectivity index is 1.52. The molecule has 6 heteroatoms. The SMILES string of the molecule is COc1ccc(/C=C/C(=O)c2ccc(-n3cccc3)cc2)cc1Cn1nc(C)c(Cl)c1C. The lowest BCUT2D eigenvalue weighted by atomic mass is 10.1. The van der Waals surface area contributed by atoms with Crippen LogP contribution in [0.1, 0.15) is 32.9 Å². The minimum absolute atomic E-state index is 0.0493. The first-order chi connectivity index (χ1) is 15.5. The number of rotatable bonds is 7. The Morgan fingerprint density at radius 1 is 1.09 bits per heavy atom. The number of methoxy groups -OCH3 is 1. The third-order valence-electron chi connectivity index (χ3n) is 5.40. The van der Waals surface area contributed by atoms with Crippen LogP contribution >= 0.6 is 11.6 Å². The van der Waals surface area contributed by atoms with Gasteiger partial charge in [-0.25, -0.2) is 0 Å². The number of aromatic nitrogens is 3. The van der Waals surface area contributed by atoms with Crippen molar-refractivity contribution in [3.05, 3.63) is 106 Å². The number of hydrogen-bond acceptors (Lipinski definition) is 3. The zero-order chi connectivity index (χ0) is 22.7. The number of carbonyl (C=O) groups is 1. The fraction of sp³-hybridized carbons (Fsp3) is 0.154. The number of ketones is 1. The summed E-state index contributed by atoms with van der Waals surface area (Å²) in [7, 11) is 1.64. The molecule has 0 saturated carbocycles. The molecule has 0 saturated heterocycles. The zero-order valence-corrected chi connectivity index (χ0v) is 19.0. The lowest BCUT2D eigenvalue weighted by Crippen LogP contribution is -2.06. The first kappa shape index (κ1) is 21.7. The van der Waals surface area contributed by atoms with E-state index in [1.54, 1.807) is 13.2 Å². The molecular weight excluding hydrogens is 422 g/mol. The number of halogens is 1. The van der Waals surface area contributed by atoms with Gasteiger partial charge in [-0.3, -0.25) is 9.48 Å². The highest BCUT2D eigenvalue weighted by Crippen LogP contribution is 2.25. The molecule has 0 N–H and O–H groups in total. The largest absolute Gasteiger partial charge is 0.496 e. The molecule has 0 spiro atoms. The van der Waals surface area contributed by atoms with Gasteiger partial charge in [0.25, 0.3) is 0 Å². The molecule has 0 aliphatic carbocycles. The van der Waals surface area contributed by atoms with E-state index in [1.807, 2.05) is 96.2 Å². The molecule has 0 aliphatic rings. The second-order valence-corrected chi connectivity index (χ2v) is 7.93. The van der Waals surface area contributed by atoms with Crippen LogP contribution in [0, 0.1) is 13.8 Å². The predicted octanol–water partition coefficient (Wildman–Crippen LogP) is 5.90. The average molecular weight is 446 g/mol. The van der Waals surface area contributed by atoms with E-state index in [-0.39, 0.29) is 5.78 Å². The molecule has 2 aromatic carbocycles. The van der Waals surface area contributed by atoms with Gasteiger partial charge in [-0.15, -0.1) is 0 Å². The predicted molar refractivity (Wildman–Crippen MR) is 128 cm³/mol. The third kappa shape index (κ3) is 4.53. The summed E-state index contributed by atoms with van der Waals surface area (Å²) in [5.74, 6) is 0.713. The molecule has 0 fully saturated rings. The van der Waals surface area contributed by atoms with Gasteiger partial charge in [0.15, 0.2) is 5.78 Å². The molecule has 4 rings (SSSR count). The van der Waals surface area contributed by atoms with Gasteiger partial charge in [-0.2, -0.15) is 5.10 Å². The molecule has 0 bridgehead atoms. The van der Waals surface area contributed by atoms with Gasteiger partial charge < -0.3 is 9.30 Å². The molecule has 2 aromatic heterocycles. The lowest BCUT2D eigenvalue weighted by Gasteiger charge is -2.11. The van der Waals surface area contributed by atoms with Crippen molar-refractivity contribution in [1.82, 2.24) is 14.3 Å². The first-order valence-corrected chi connectivity index (χ1v) is 10.7. The number of aryl methyl sites for hydroxylation is 1. The summed E-state index contributed by atoms with van der Waals surface area (Å²) in [5.41, 5.74) is 5.23. The summed E-state index contributed by atoms with van der Waals surface area (Å²) in [5, 5.41) is 5.18. The Kier molecular flexibility index (Phi) is 6.28. The van der Waals surface area contributed by atoms with Crippen molar-refractivity contribution in [3.63, 3.8) is 0 Å². The molecule has 0 aliphatic heterocycles. The van der Waals surface area contributed by atoms with Crippen LogP contribution in [0.25, 0.3) is 11.8 Å². The summed E-state index contributed by atoms with van der Waals surface area (Å²) >= 11 is 6.29. The Labute approximate surface area is 192 Å². The Morgan fingerprint density at radius 3 is 2.44 bits per heavy atom. The quantitative estimate of drug-likeness (QED) is 0.263. The van der Waals surface area contributed by atoms with Gasteiger partial charge in [-0.1, -0.05) is 23.7 Å². The van der Waals surface area contributed by atoms with Crippen LogP contribution in [0.4, 0.5) is 0 Å². The molecular formula is C26H24ClN3O2. The molecule has 0 unspecified atom stereocenters. The van der Waals surface area contributed by atoms with Gasteiger partial charge in [0.1, 0.15) is 5.75 Å². The molecule has 32 heavy (non-hydrogen) atoms. The van der Waals surface area contributed by atoms with E-state index in [2.05, 4.69) is 5.10 Å². The van der Waals surface area contributed by atoms with Gasteiger partial charge >= 0.3 is 0 Å². The average Bonchev–Trinajstić information content (AvgIpc) is 3.43. The van der Waals surface area contributed by atoms with Crippen LogP contribution < -0.4 is 4.74 Å². The van der Waals surface area contributed by atoms with E-state index in [0.717, 1.165) is 34.0 Å². The summed E-state index contributed by atoms with van der Waals surface area (Å²) in [6.07, 6.45) is 7.35. The normalized spacial score (nSPS) is 11.2. The zero-order valence-electron chi connectivity index (χ0n) is 18.2. The smallest absolute Gasteiger partial charge is 0.185 e. The molecule has 0 radical (unpaired) electrons. The van der Waals surface area contributed by atoms with Crippen LogP contribution in [0.15, 0.2) is 73.1 Å². The van der Waals surface area contributed by atoms with Crippen molar-refractivity contribution in [1.29, 1.82) is 0 Å². The van der Waals surface area contributed by atoms with Gasteiger partial charge in [0, 0.05) is 29.2 Å². The highest BCUT2D eigenvalue weighted by Gasteiger charge is 2.12. The van der Waals surface area contributed by atoms with Gasteiger partial charge in [-0.05, 0) is 74.0 Å². The molecule has 162 valence electrons. The van der Waals surface area contributed by atoms with Gasteiger partial charge in [0.05, 0.1) is 30.1 Å². The van der Waals surface area contributed by atoms with Crippen molar-refractivity contribution in [2.45, 2.75) is 20.4 Å². The molecule has 5 nitrogen and oxygen atoms in total. The fourth-order valence-corrected chi connectivity index (χ4v) is 3.72. The Hall–Kier alpha value is -3.57. The van der Waals surface area contributed by atoms with Crippen LogP contribution in [0.2, 0.25) is 5.02 Å². The lowest BCUT2D eigenvalue weighted by molar-refractivity contribution is 0.104. The van der Waals surface area contributed by atoms with Crippen molar-refractivity contribution < 1.29 is 9.53 Å². The van der Waals surface area contributed by atoms with E-state index in [0.29, 0.717) is 17.1 Å². The van der Waals surface area contributed by atoms with Crippen LogP contribution in [-0.4, -0.2) is 27.2 Å². The summed E-state index contributed by atoms with van der Waals surface area (Å²) in [6.45, 7) is 4.36. The highest BCUT2D eigenvalue weighted by atomic mass is 35.5. The van der Waals surface area contributed by atoms with E-state index in [4.69, 9.17) is 16.3 Å². The molecule has 0 amide bonds. The fourth-order valence-electron chi connectivity index (χ4n) is 3.59. The number of nitrogens with zero attached hydrogens (tertiary/aromatic N) is 3. The van der Waals surface area contributed by atoms with Crippen molar-refractivity contribution in [2.75, 3.05) is 7.11 Å². The molecule has 0 atom stereocenters. The van der Waals surface area contributed by atoms with E-state index in [9.17, 15) is 4.79 Å². The molecule has 4 aromatic rings. The summed E-state index contributed by atoms with van der Waals surface area (Å²) in [4.78, 5) is 12.7. The van der Waals surface area contributed by atoms with Crippen LogP contribution in [0.5, 0.6) is 5.75 Å². The summed E-state index contributed by atoms with van der Waals surface area (Å²) in [6, 6.07) is 17.3. The van der Waals surface area contributed by atoms with Gasteiger partial charge in [0.2, 0.25) is 0 Å². The minimum atomic E-state index is -0.0493. The standard InChI is InChI=1S/C26H24ClN3O2/c1-18-26(27)19(2)30(28-18)17-22-16-20(7-13-25(22)32-3)6-12-24(31)21-8-10-23(11-9-21)29-14-4-5-15-29/h4-16H,17H2,1-3H3/b12-6+. The number of carbonyl (C=O) groups excluding carboxylic acids is 1. The Morgan fingerprint density at radius 2 is 1.81 bits per heavy atom. The number of allylic oxidation sites excluding steroid dienone is 1. The maximum absolute atomic E-state index is 12.7. The van der Waals surface area contributed by atoms with Crippen molar-refractivity contribution >= 4 is 23.5 Å². The highest BCUT2D eigenvalue weighted by molar-refractivity contribution is 6.31. The number of hydrogen-bond donors (Lipinski definition) is 0. The molecule has 2 heterocycles. The second kappa shape index (κ2) is 9.28. The second-order valence-electron chi connectivity index (χ2n) is 7.55.